The molecule has 0 saturated carbocycles. The molecule has 3 heterocycles. The van der Waals surface area contributed by atoms with Crippen molar-refractivity contribution in [2.75, 3.05) is 5.32 Å². The monoisotopic (exact) mass is 469 g/mol. The lowest BCUT2D eigenvalue weighted by molar-refractivity contribution is 0.440. The van der Waals surface area contributed by atoms with Crippen molar-refractivity contribution in [1.29, 1.82) is 0 Å². The van der Waals surface area contributed by atoms with Crippen LogP contribution in [0.3, 0.4) is 0 Å². The van der Waals surface area contributed by atoms with Crippen LogP contribution in [0.1, 0.15) is 34.8 Å². The van der Waals surface area contributed by atoms with Crippen molar-refractivity contribution in [3.63, 3.8) is 0 Å². The lowest BCUT2D eigenvalue weighted by Gasteiger charge is -2.26. The number of thiophene rings is 1. The molecule has 3 aromatic heterocycles. The summed E-state index contributed by atoms with van der Waals surface area (Å²) >= 11 is 11.5. The Labute approximate surface area is 173 Å². The Morgan fingerprint density at radius 1 is 1.52 bits per heavy atom. The number of nitrogens with zero attached hydrogens (tertiary/aromatic N) is 3. The Morgan fingerprint density at radius 3 is 3.04 bits per heavy atom. The largest absolute Gasteiger partial charge is 0.363 e. The zero-order chi connectivity index (χ0) is 19.1. The molecule has 0 saturated heterocycles. The van der Waals surface area contributed by atoms with Crippen LogP contribution < -0.4 is 11.1 Å². The number of nitrogens with one attached hydrogen (secondary N) is 1. The Hall–Kier alpha value is -1.48. The van der Waals surface area contributed by atoms with Crippen molar-refractivity contribution in [2.45, 2.75) is 38.3 Å². The van der Waals surface area contributed by atoms with Crippen LogP contribution in [-0.4, -0.2) is 20.6 Å². The highest BCUT2D eigenvalue weighted by molar-refractivity contribution is 9.10. The molecule has 142 valence electrons. The number of hydrogen-bond donors (Lipinski definition) is 2. The highest BCUT2D eigenvalue weighted by atomic mass is 79.9. The average Bonchev–Trinajstić information content (AvgIpc) is 3.22. The molecule has 3 N–H and O–H groups in total. The maximum absolute atomic E-state index is 13.6. The van der Waals surface area contributed by atoms with Crippen molar-refractivity contribution in [3.8, 4) is 0 Å². The number of halogens is 3. The molecular weight excluding hydrogens is 453 g/mol. The first kappa shape index (κ1) is 18.9. The fraction of sp³-hybridized carbons (Fsp3) is 0.333. The molecule has 0 aromatic carbocycles. The number of nitrogens with two attached hydrogens (primary N) is 1. The average molecular weight is 471 g/mol. The quantitative estimate of drug-likeness (QED) is 0.551. The van der Waals surface area contributed by atoms with Crippen molar-refractivity contribution >= 4 is 50.2 Å². The van der Waals surface area contributed by atoms with Crippen molar-refractivity contribution < 1.29 is 4.39 Å². The number of hydrogen-bond acceptors (Lipinski definition) is 5. The van der Waals surface area contributed by atoms with E-state index >= 15 is 0 Å². The first-order valence-electron chi connectivity index (χ1n) is 8.56. The second-order valence-electron chi connectivity index (χ2n) is 6.61. The summed E-state index contributed by atoms with van der Waals surface area (Å²) in [6, 6.07) is 3.79. The van der Waals surface area contributed by atoms with Crippen molar-refractivity contribution in [1.82, 2.24) is 14.6 Å². The number of fused-ring (bicyclic) bond motifs is 1. The molecule has 27 heavy (non-hydrogen) atoms. The Kier molecular flexibility index (Phi) is 5.24. The molecule has 1 aliphatic carbocycles. The van der Waals surface area contributed by atoms with Crippen LogP contribution in [0, 0.1) is 6.92 Å². The van der Waals surface area contributed by atoms with Gasteiger partial charge in [-0.15, -0.1) is 16.4 Å². The van der Waals surface area contributed by atoms with E-state index in [0.29, 0.717) is 18.8 Å². The van der Waals surface area contributed by atoms with Gasteiger partial charge in [-0.2, -0.15) is 4.98 Å². The number of aromatic nitrogens is 3. The molecule has 2 atom stereocenters. The van der Waals surface area contributed by atoms with Gasteiger partial charge in [-0.25, -0.2) is 8.91 Å². The molecule has 0 amide bonds. The van der Waals surface area contributed by atoms with E-state index in [4.69, 9.17) is 17.3 Å². The highest BCUT2D eigenvalue weighted by Crippen LogP contribution is 2.41. The molecule has 1 aliphatic rings. The van der Waals surface area contributed by atoms with Crippen LogP contribution in [0.4, 0.5) is 10.2 Å². The summed E-state index contributed by atoms with van der Waals surface area (Å²) < 4.78 is 16.1. The lowest BCUT2D eigenvalue weighted by Crippen LogP contribution is -2.31. The van der Waals surface area contributed by atoms with Gasteiger partial charge in [0, 0.05) is 23.3 Å². The lowest BCUT2D eigenvalue weighted by atomic mass is 9.83. The predicted octanol–water partition coefficient (Wildman–Crippen LogP) is 5.19. The second-order valence-corrected chi connectivity index (χ2v) is 8.73. The van der Waals surface area contributed by atoms with Gasteiger partial charge in [0.15, 0.2) is 5.82 Å². The fourth-order valence-corrected chi connectivity index (χ4v) is 5.28. The summed E-state index contributed by atoms with van der Waals surface area (Å²) in [5.41, 5.74) is 9.16. The molecule has 0 bridgehead atoms. The summed E-state index contributed by atoms with van der Waals surface area (Å²) in [5, 5.41) is 9.90. The summed E-state index contributed by atoms with van der Waals surface area (Å²) in [4.78, 5) is 5.59. The molecule has 5 nitrogen and oxygen atoms in total. The second kappa shape index (κ2) is 7.50. The molecular formula is C18H18BrClFN5S. The van der Waals surface area contributed by atoms with Gasteiger partial charge in [0.05, 0.1) is 12.4 Å². The summed E-state index contributed by atoms with van der Waals surface area (Å²) in [6.07, 6.45) is 2.43. The topological polar surface area (TPSA) is 68.2 Å². The van der Waals surface area contributed by atoms with Gasteiger partial charge in [0.25, 0.3) is 0 Å². The van der Waals surface area contributed by atoms with Crippen LogP contribution >= 0.6 is 38.9 Å². The van der Waals surface area contributed by atoms with Crippen LogP contribution in [0.5, 0.6) is 0 Å². The number of allylic oxidation sites excluding steroid dienone is 1. The van der Waals surface area contributed by atoms with Gasteiger partial charge in [-0.05, 0) is 63.4 Å². The third kappa shape index (κ3) is 3.51. The number of rotatable bonds is 4. The van der Waals surface area contributed by atoms with E-state index in [-0.39, 0.29) is 29.5 Å². The van der Waals surface area contributed by atoms with E-state index in [2.05, 4.69) is 37.4 Å². The van der Waals surface area contributed by atoms with Crippen molar-refractivity contribution in [2.24, 2.45) is 5.73 Å². The molecule has 0 spiro atoms. The molecule has 9 heteroatoms. The maximum Gasteiger partial charge on any atom is 0.243 e. The molecule has 0 aliphatic heterocycles. The Balaban J connectivity index is 1.79. The summed E-state index contributed by atoms with van der Waals surface area (Å²) in [6.45, 7) is 2.67. The van der Waals surface area contributed by atoms with Crippen LogP contribution in [-0.2, 0) is 6.54 Å². The van der Waals surface area contributed by atoms with E-state index in [1.54, 1.807) is 21.9 Å². The minimum atomic E-state index is -0.284. The van der Waals surface area contributed by atoms with E-state index < -0.39 is 0 Å². The van der Waals surface area contributed by atoms with Gasteiger partial charge < -0.3 is 11.1 Å². The smallest absolute Gasteiger partial charge is 0.243 e. The fourth-order valence-electron chi connectivity index (χ4n) is 3.63. The highest BCUT2D eigenvalue weighted by Gasteiger charge is 2.31. The molecule has 0 radical (unpaired) electrons. The van der Waals surface area contributed by atoms with Gasteiger partial charge in [0.2, 0.25) is 5.28 Å². The molecule has 0 unspecified atom stereocenters. The number of aryl methyl sites for hydroxylation is 1. The van der Waals surface area contributed by atoms with Gasteiger partial charge in [-0.1, -0.05) is 12.1 Å². The first-order chi connectivity index (χ1) is 13.0. The normalized spacial score (nSPS) is 20.1. The standard InChI is InChI=1S/C18H18BrClFN5S/c1-9-14(12-5-4-10(21)7-13(12)22)16(19)26-15(9)17(24-18(20)25-26)23-8-11-3-2-6-27-11/h2-4,6,12-13H,5,7-8,22H2,1H3,(H,23,24,25)/t12-,13-/m0/s1. The Morgan fingerprint density at radius 2 is 2.33 bits per heavy atom. The zero-order valence-corrected chi connectivity index (χ0v) is 17.7. The van der Waals surface area contributed by atoms with E-state index in [1.807, 2.05) is 18.4 Å². The minimum absolute atomic E-state index is 0.00416. The summed E-state index contributed by atoms with van der Waals surface area (Å²) in [7, 11) is 0. The van der Waals surface area contributed by atoms with E-state index in [0.717, 1.165) is 21.2 Å². The first-order valence-corrected chi connectivity index (χ1v) is 10.6. The van der Waals surface area contributed by atoms with Gasteiger partial charge in [0.1, 0.15) is 10.1 Å². The summed E-state index contributed by atoms with van der Waals surface area (Å²) in [5.74, 6) is 0.529. The minimum Gasteiger partial charge on any atom is -0.363 e. The zero-order valence-electron chi connectivity index (χ0n) is 14.5. The molecule has 3 aromatic rings. The van der Waals surface area contributed by atoms with Crippen LogP contribution in [0.15, 0.2) is 34.0 Å². The van der Waals surface area contributed by atoms with Crippen LogP contribution in [0.2, 0.25) is 5.28 Å². The van der Waals surface area contributed by atoms with Crippen molar-refractivity contribution in [3.05, 3.63) is 55.3 Å². The third-order valence-electron chi connectivity index (χ3n) is 4.91. The third-order valence-corrected chi connectivity index (χ3v) is 6.71. The maximum atomic E-state index is 13.6. The van der Waals surface area contributed by atoms with Crippen LogP contribution in [0.25, 0.3) is 5.52 Å². The van der Waals surface area contributed by atoms with Gasteiger partial charge >= 0.3 is 0 Å². The van der Waals surface area contributed by atoms with E-state index in [9.17, 15) is 4.39 Å². The molecule has 4 rings (SSSR count). The number of anilines is 1. The molecule has 0 fully saturated rings. The predicted molar refractivity (Wildman–Crippen MR) is 111 cm³/mol. The SMILES string of the molecule is Cc1c([C@H]2CC=C(F)C[C@@H]2N)c(Br)n2nc(Cl)nc(NCc3cccs3)c12. The Bertz CT molecular complexity index is 1020. The van der Waals surface area contributed by atoms with Gasteiger partial charge in [-0.3, -0.25) is 0 Å². The van der Waals surface area contributed by atoms with E-state index in [1.165, 1.54) is 4.88 Å².